The van der Waals surface area contributed by atoms with E-state index in [1.54, 1.807) is 6.07 Å². The summed E-state index contributed by atoms with van der Waals surface area (Å²) in [5.41, 5.74) is 6.01. The average Bonchev–Trinajstić information content (AvgIpc) is 2.67. The van der Waals surface area contributed by atoms with Crippen LogP contribution in [-0.4, -0.2) is 41.4 Å². The topological polar surface area (TPSA) is 47.4 Å². The average molecular weight is 389 g/mol. The highest BCUT2D eigenvalue weighted by molar-refractivity contribution is 5.70. The Bertz CT molecular complexity index is 1080. The monoisotopic (exact) mass is 389 g/mol. The van der Waals surface area contributed by atoms with Crippen LogP contribution in [0.1, 0.15) is 23.6 Å². The van der Waals surface area contributed by atoms with Crippen LogP contribution in [0.5, 0.6) is 5.75 Å². The number of aryl methyl sites for hydroxylation is 3. The number of likely N-dealkylation sites (N-methyl/N-ethyl adjacent to an activating group) is 1. The van der Waals surface area contributed by atoms with Crippen LogP contribution in [-0.2, 0) is 12.8 Å². The summed E-state index contributed by atoms with van der Waals surface area (Å²) in [5.74, 6) is 0.834. The predicted octanol–water partition coefficient (Wildman–Crippen LogP) is 3.64. The normalized spacial score (nSPS) is 13.7. The van der Waals surface area contributed by atoms with E-state index in [1.807, 2.05) is 51.4 Å². The summed E-state index contributed by atoms with van der Waals surface area (Å²) >= 11 is 0. The van der Waals surface area contributed by atoms with Gasteiger partial charge in [0.1, 0.15) is 11.9 Å². The molecular weight excluding hydrogens is 362 g/mol. The van der Waals surface area contributed by atoms with E-state index in [0.717, 1.165) is 53.2 Å². The first-order valence-electron chi connectivity index (χ1n) is 10.1. The van der Waals surface area contributed by atoms with Gasteiger partial charge in [-0.15, -0.1) is 0 Å². The summed E-state index contributed by atoms with van der Waals surface area (Å²) in [6.45, 7) is 4.95. The van der Waals surface area contributed by atoms with Crippen molar-refractivity contribution in [1.29, 1.82) is 0 Å². The third kappa shape index (κ3) is 4.10. The van der Waals surface area contributed by atoms with Crippen LogP contribution in [0.25, 0.3) is 16.9 Å². The van der Waals surface area contributed by atoms with Gasteiger partial charge in [0.15, 0.2) is 0 Å². The van der Waals surface area contributed by atoms with Crippen LogP contribution in [0.2, 0.25) is 0 Å². The fourth-order valence-corrected chi connectivity index (χ4v) is 3.90. The van der Waals surface area contributed by atoms with Crippen molar-refractivity contribution in [3.8, 4) is 22.7 Å². The van der Waals surface area contributed by atoms with Crippen molar-refractivity contribution >= 4 is 0 Å². The molecule has 29 heavy (non-hydrogen) atoms. The van der Waals surface area contributed by atoms with Gasteiger partial charge in [0, 0.05) is 18.2 Å². The molecule has 0 saturated heterocycles. The Morgan fingerprint density at radius 1 is 1.07 bits per heavy atom. The van der Waals surface area contributed by atoms with Crippen molar-refractivity contribution in [2.75, 3.05) is 20.6 Å². The molecule has 0 amide bonds. The lowest BCUT2D eigenvalue weighted by atomic mass is 9.89. The summed E-state index contributed by atoms with van der Waals surface area (Å²) in [7, 11) is 4.08. The van der Waals surface area contributed by atoms with Gasteiger partial charge in [-0.2, -0.15) is 9.78 Å². The number of ether oxygens (including phenoxy) is 1. The van der Waals surface area contributed by atoms with E-state index < -0.39 is 0 Å². The SMILES string of the molecule is Cc1ccc(-n2nc3c(cc2=O)CCc2ccc(OC(C)CN(C)C)cc2-3)cc1. The molecule has 0 radical (unpaired) electrons. The molecule has 1 aromatic heterocycles. The van der Waals surface area contributed by atoms with Crippen molar-refractivity contribution in [2.24, 2.45) is 0 Å². The summed E-state index contributed by atoms with van der Waals surface area (Å²) in [4.78, 5) is 14.8. The molecule has 1 unspecified atom stereocenters. The standard InChI is InChI=1S/C24H27N3O2/c1-16-5-10-20(11-6-16)27-23(28)13-19-8-7-18-9-12-21(14-22(18)24(19)25-27)29-17(2)15-26(3)4/h5-6,9-14,17H,7-8,15H2,1-4H3. The first kappa shape index (κ1) is 19.4. The quantitative estimate of drug-likeness (QED) is 0.669. The third-order valence-corrected chi connectivity index (χ3v) is 5.25. The minimum absolute atomic E-state index is 0.0839. The van der Waals surface area contributed by atoms with E-state index in [4.69, 9.17) is 9.84 Å². The lowest BCUT2D eigenvalue weighted by Crippen LogP contribution is -2.28. The van der Waals surface area contributed by atoms with Gasteiger partial charge in [-0.25, -0.2) is 0 Å². The second kappa shape index (κ2) is 7.84. The van der Waals surface area contributed by atoms with Crippen LogP contribution in [0, 0.1) is 6.92 Å². The van der Waals surface area contributed by atoms with Gasteiger partial charge in [-0.05, 0) is 76.2 Å². The van der Waals surface area contributed by atoms with Crippen molar-refractivity contribution < 1.29 is 4.74 Å². The Morgan fingerprint density at radius 2 is 1.79 bits per heavy atom. The van der Waals surface area contributed by atoms with E-state index >= 15 is 0 Å². The highest BCUT2D eigenvalue weighted by atomic mass is 16.5. The Balaban J connectivity index is 1.74. The fraction of sp³-hybridized carbons (Fsp3) is 0.333. The molecule has 1 aliphatic rings. The first-order chi connectivity index (χ1) is 13.9. The van der Waals surface area contributed by atoms with Gasteiger partial charge in [0.05, 0.1) is 11.4 Å². The molecule has 5 nitrogen and oxygen atoms in total. The van der Waals surface area contributed by atoms with E-state index in [9.17, 15) is 4.79 Å². The summed E-state index contributed by atoms with van der Waals surface area (Å²) in [5, 5.41) is 4.76. The summed E-state index contributed by atoms with van der Waals surface area (Å²) < 4.78 is 7.62. The Kier molecular flexibility index (Phi) is 5.24. The van der Waals surface area contributed by atoms with E-state index in [2.05, 4.69) is 24.0 Å². The van der Waals surface area contributed by atoms with Crippen molar-refractivity contribution in [2.45, 2.75) is 32.8 Å². The van der Waals surface area contributed by atoms with E-state index in [0.29, 0.717) is 0 Å². The molecule has 3 aromatic rings. The van der Waals surface area contributed by atoms with Gasteiger partial charge in [0.25, 0.3) is 5.56 Å². The van der Waals surface area contributed by atoms with Gasteiger partial charge in [-0.1, -0.05) is 23.8 Å². The van der Waals surface area contributed by atoms with Crippen LogP contribution in [0.15, 0.2) is 53.3 Å². The molecule has 1 heterocycles. The zero-order valence-corrected chi connectivity index (χ0v) is 17.5. The van der Waals surface area contributed by atoms with Crippen LogP contribution < -0.4 is 10.3 Å². The number of benzene rings is 2. The zero-order chi connectivity index (χ0) is 20.5. The highest BCUT2D eigenvalue weighted by Gasteiger charge is 2.21. The van der Waals surface area contributed by atoms with Crippen LogP contribution in [0.4, 0.5) is 0 Å². The number of aromatic nitrogens is 2. The molecule has 0 aliphatic heterocycles. The molecule has 0 bridgehead atoms. The zero-order valence-electron chi connectivity index (χ0n) is 17.5. The second-order valence-electron chi connectivity index (χ2n) is 8.11. The molecule has 5 heteroatoms. The van der Waals surface area contributed by atoms with Crippen molar-refractivity contribution in [1.82, 2.24) is 14.7 Å². The molecule has 150 valence electrons. The first-order valence-corrected chi connectivity index (χ1v) is 10.1. The molecule has 2 aromatic carbocycles. The molecule has 1 aliphatic carbocycles. The lowest BCUT2D eigenvalue weighted by Gasteiger charge is -2.22. The van der Waals surface area contributed by atoms with Gasteiger partial charge in [-0.3, -0.25) is 4.79 Å². The van der Waals surface area contributed by atoms with Gasteiger partial charge in [0.2, 0.25) is 0 Å². The molecule has 4 rings (SSSR count). The number of hydrogen-bond acceptors (Lipinski definition) is 4. The van der Waals surface area contributed by atoms with Gasteiger partial charge >= 0.3 is 0 Å². The van der Waals surface area contributed by atoms with Crippen molar-refractivity contribution in [3.63, 3.8) is 0 Å². The summed E-state index contributed by atoms with van der Waals surface area (Å²) in [6, 6.07) is 15.8. The molecule has 0 saturated carbocycles. The minimum atomic E-state index is -0.0944. The van der Waals surface area contributed by atoms with Gasteiger partial charge < -0.3 is 9.64 Å². The maximum Gasteiger partial charge on any atom is 0.271 e. The number of hydrogen-bond donors (Lipinski definition) is 0. The Hall–Kier alpha value is -2.92. The molecule has 0 fully saturated rings. The predicted molar refractivity (Wildman–Crippen MR) is 116 cm³/mol. The largest absolute Gasteiger partial charge is 0.489 e. The van der Waals surface area contributed by atoms with Crippen molar-refractivity contribution in [3.05, 3.63) is 75.6 Å². The summed E-state index contributed by atoms with van der Waals surface area (Å²) in [6.07, 6.45) is 1.82. The fourth-order valence-electron chi connectivity index (χ4n) is 3.90. The maximum absolute atomic E-state index is 12.7. The number of rotatable bonds is 5. The molecule has 1 atom stereocenters. The Morgan fingerprint density at radius 3 is 2.52 bits per heavy atom. The van der Waals surface area contributed by atoms with Crippen LogP contribution in [0.3, 0.4) is 0 Å². The van der Waals surface area contributed by atoms with E-state index in [1.165, 1.54) is 10.2 Å². The highest BCUT2D eigenvalue weighted by Crippen LogP contribution is 2.34. The second-order valence-corrected chi connectivity index (χ2v) is 8.11. The minimum Gasteiger partial charge on any atom is -0.489 e. The number of nitrogens with zero attached hydrogens (tertiary/aromatic N) is 3. The Labute approximate surface area is 171 Å². The third-order valence-electron chi connectivity index (χ3n) is 5.25. The number of fused-ring (bicyclic) bond motifs is 3. The smallest absolute Gasteiger partial charge is 0.271 e. The molecule has 0 spiro atoms. The van der Waals surface area contributed by atoms with Crippen LogP contribution >= 0.6 is 0 Å². The molecule has 0 N–H and O–H groups in total. The van der Waals surface area contributed by atoms with E-state index in [-0.39, 0.29) is 11.7 Å². The molecular formula is C24H27N3O2. The maximum atomic E-state index is 12.7. The lowest BCUT2D eigenvalue weighted by molar-refractivity contribution is 0.177.